The van der Waals surface area contributed by atoms with E-state index in [1.54, 1.807) is 0 Å². The highest BCUT2D eigenvalue weighted by molar-refractivity contribution is 5.49. The summed E-state index contributed by atoms with van der Waals surface area (Å²) in [6, 6.07) is 7.02. The van der Waals surface area contributed by atoms with Crippen LogP contribution < -0.4 is 5.32 Å². The predicted molar refractivity (Wildman–Crippen MR) is 75.0 cm³/mol. The van der Waals surface area contributed by atoms with Crippen molar-refractivity contribution >= 4 is 5.69 Å². The van der Waals surface area contributed by atoms with Crippen molar-refractivity contribution in [3.8, 4) is 0 Å². The van der Waals surface area contributed by atoms with Crippen LogP contribution >= 0.6 is 0 Å². The van der Waals surface area contributed by atoms with E-state index in [1.165, 1.54) is 16.8 Å². The van der Waals surface area contributed by atoms with E-state index in [2.05, 4.69) is 42.3 Å². The number of likely N-dealkylation sites (tertiary alicyclic amines) is 1. The lowest BCUT2D eigenvalue weighted by atomic mass is 10.1. The molecule has 1 unspecified atom stereocenters. The third-order valence-electron chi connectivity index (χ3n) is 3.76. The van der Waals surface area contributed by atoms with Crippen LogP contribution in [0.15, 0.2) is 18.2 Å². The first kappa shape index (κ1) is 13.3. The van der Waals surface area contributed by atoms with Crippen molar-refractivity contribution in [3.05, 3.63) is 29.3 Å². The minimum Gasteiger partial charge on any atom is -0.381 e. The van der Waals surface area contributed by atoms with Gasteiger partial charge in [-0.1, -0.05) is 6.07 Å². The summed E-state index contributed by atoms with van der Waals surface area (Å²) in [5, 5.41) is 3.58. The lowest BCUT2D eigenvalue weighted by Crippen LogP contribution is -2.27. The Bertz CT molecular complexity index is 392. The molecule has 0 amide bonds. The van der Waals surface area contributed by atoms with Crippen LogP contribution in [0.5, 0.6) is 0 Å². The van der Waals surface area contributed by atoms with Crippen LogP contribution in [-0.2, 0) is 0 Å². The van der Waals surface area contributed by atoms with Crippen molar-refractivity contribution < 1.29 is 4.39 Å². The largest absolute Gasteiger partial charge is 0.381 e. The van der Waals surface area contributed by atoms with Gasteiger partial charge in [-0.05, 0) is 49.9 Å². The van der Waals surface area contributed by atoms with Crippen LogP contribution in [0.2, 0.25) is 0 Å². The zero-order valence-electron chi connectivity index (χ0n) is 11.4. The van der Waals surface area contributed by atoms with E-state index in [4.69, 9.17) is 0 Å². The van der Waals surface area contributed by atoms with Crippen LogP contribution in [0.1, 0.15) is 24.0 Å². The normalized spacial score (nSPS) is 20.3. The van der Waals surface area contributed by atoms with Gasteiger partial charge in [0.2, 0.25) is 0 Å². The zero-order chi connectivity index (χ0) is 13.0. The van der Waals surface area contributed by atoms with Crippen LogP contribution in [0, 0.1) is 13.8 Å². The zero-order valence-corrected chi connectivity index (χ0v) is 11.4. The second-order valence-corrected chi connectivity index (χ2v) is 5.27. The Hall–Kier alpha value is -1.09. The maximum absolute atomic E-state index is 12.1. The molecule has 1 aromatic rings. The lowest BCUT2D eigenvalue weighted by Gasteiger charge is -2.17. The molecule has 1 atom stereocenters. The molecule has 1 saturated heterocycles. The van der Waals surface area contributed by atoms with Gasteiger partial charge in [0.05, 0.1) is 6.67 Å². The molecule has 1 heterocycles. The van der Waals surface area contributed by atoms with Gasteiger partial charge in [0, 0.05) is 31.4 Å². The summed E-state index contributed by atoms with van der Waals surface area (Å²) in [5.74, 6) is 0. The molecule has 0 radical (unpaired) electrons. The van der Waals surface area contributed by atoms with E-state index in [0.717, 1.165) is 26.1 Å². The van der Waals surface area contributed by atoms with E-state index in [9.17, 15) is 4.39 Å². The van der Waals surface area contributed by atoms with Gasteiger partial charge >= 0.3 is 0 Å². The van der Waals surface area contributed by atoms with Crippen LogP contribution in [0.25, 0.3) is 0 Å². The molecule has 0 saturated carbocycles. The molecule has 1 aliphatic heterocycles. The minimum absolute atomic E-state index is 0.203. The maximum Gasteiger partial charge on any atom is 0.0906 e. The Balaban J connectivity index is 1.85. The molecule has 1 aliphatic rings. The number of nitrogens with one attached hydrogen (secondary N) is 1. The monoisotopic (exact) mass is 250 g/mol. The summed E-state index contributed by atoms with van der Waals surface area (Å²) in [6.07, 6.45) is 1.82. The molecule has 1 N–H and O–H groups in total. The molecular formula is C15H23FN2. The van der Waals surface area contributed by atoms with Gasteiger partial charge in [0.1, 0.15) is 0 Å². The third-order valence-corrected chi connectivity index (χ3v) is 3.76. The van der Waals surface area contributed by atoms with Crippen LogP contribution in [0.4, 0.5) is 10.1 Å². The Morgan fingerprint density at radius 1 is 1.33 bits per heavy atom. The van der Waals surface area contributed by atoms with Gasteiger partial charge in [0.15, 0.2) is 0 Å². The standard InChI is InChI=1S/C15H23FN2/c1-12-4-5-14(10-13(12)2)17-15-6-9-18(11-15)8-3-7-16/h4-5,10,15,17H,3,6-9,11H2,1-2H3. The number of hydrogen-bond donors (Lipinski definition) is 1. The maximum atomic E-state index is 12.1. The average Bonchev–Trinajstić information content (AvgIpc) is 2.79. The average molecular weight is 250 g/mol. The van der Waals surface area contributed by atoms with Crippen molar-refractivity contribution in [1.29, 1.82) is 0 Å². The van der Waals surface area contributed by atoms with Crippen molar-refractivity contribution in [2.75, 3.05) is 31.6 Å². The molecule has 100 valence electrons. The van der Waals surface area contributed by atoms with Crippen molar-refractivity contribution in [2.45, 2.75) is 32.7 Å². The first-order valence-corrected chi connectivity index (χ1v) is 6.81. The second-order valence-electron chi connectivity index (χ2n) is 5.27. The van der Waals surface area contributed by atoms with Gasteiger partial charge in [-0.2, -0.15) is 0 Å². The summed E-state index contributed by atoms with van der Waals surface area (Å²) in [6.45, 7) is 7.08. The number of rotatable bonds is 5. The smallest absolute Gasteiger partial charge is 0.0906 e. The molecule has 0 aliphatic carbocycles. The molecular weight excluding hydrogens is 227 g/mol. The Kier molecular flexibility index (Phi) is 4.59. The minimum atomic E-state index is -0.203. The number of benzene rings is 1. The van der Waals surface area contributed by atoms with Gasteiger partial charge in [-0.15, -0.1) is 0 Å². The number of alkyl halides is 1. The van der Waals surface area contributed by atoms with Crippen molar-refractivity contribution in [1.82, 2.24) is 4.90 Å². The van der Waals surface area contributed by atoms with Crippen molar-refractivity contribution in [2.24, 2.45) is 0 Å². The molecule has 0 spiro atoms. The van der Waals surface area contributed by atoms with E-state index in [1.807, 2.05) is 0 Å². The lowest BCUT2D eigenvalue weighted by molar-refractivity contribution is 0.310. The summed E-state index contributed by atoms with van der Waals surface area (Å²) in [5.41, 5.74) is 3.86. The summed E-state index contributed by atoms with van der Waals surface area (Å²) in [4.78, 5) is 2.35. The fourth-order valence-corrected chi connectivity index (χ4v) is 2.50. The highest BCUT2D eigenvalue weighted by atomic mass is 19.1. The van der Waals surface area contributed by atoms with E-state index in [-0.39, 0.29) is 6.67 Å². The van der Waals surface area contributed by atoms with Crippen molar-refractivity contribution in [3.63, 3.8) is 0 Å². The highest BCUT2D eigenvalue weighted by Crippen LogP contribution is 2.18. The molecule has 0 bridgehead atoms. The molecule has 2 rings (SSSR count). The second kappa shape index (κ2) is 6.19. The molecule has 1 aromatic carbocycles. The Morgan fingerprint density at radius 3 is 2.89 bits per heavy atom. The molecule has 2 nitrogen and oxygen atoms in total. The number of nitrogens with zero attached hydrogens (tertiary/aromatic N) is 1. The summed E-state index contributed by atoms with van der Waals surface area (Å²) < 4.78 is 12.1. The molecule has 18 heavy (non-hydrogen) atoms. The van der Waals surface area contributed by atoms with Gasteiger partial charge in [-0.3, -0.25) is 4.39 Å². The SMILES string of the molecule is Cc1ccc(NC2CCN(CCCF)C2)cc1C. The van der Waals surface area contributed by atoms with Gasteiger partial charge in [0.25, 0.3) is 0 Å². The highest BCUT2D eigenvalue weighted by Gasteiger charge is 2.21. The van der Waals surface area contributed by atoms with Crippen LogP contribution in [0.3, 0.4) is 0 Å². The third kappa shape index (κ3) is 3.45. The topological polar surface area (TPSA) is 15.3 Å². The van der Waals surface area contributed by atoms with E-state index < -0.39 is 0 Å². The quantitative estimate of drug-likeness (QED) is 0.863. The fraction of sp³-hybridized carbons (Fsp3) is 0.600. The van der Waals surface area contributed by atoms with E-state index in [0.29, 0.717) is 12.5 Å². The van der Waals surface area contributed by atoms with Crippen LogP contribution in [-0.4, -0.2) is 37.3 Å². The first-order valence-electron chi connectivity index (χ1n) is 6.81. The number of hydrogen-bond acceptors (Lipinski definition) is 2. The van der Waals surface area contributed by atoms with Gasteiger partial charge < -0.3 is 10.2 Å². The molecule has 3 heteroatoms. The molecule has 1 fully saturated rings. The number of halogens is 1. The van der Waals surface area contributed by atoms with Gasteiger partial charge in [-0.25, -0.2) is 0 Å². The Morgan fingerprint density at radius 2 is 2.17 bits per heavy atom. The predicted octanol–water partition coefficient (Wildman–Crippen LogP) is 3.15. The fourth-order valence-electron chi connectivity index (χ4n) is 2.50. The summed E-state index contributed by atoms with van der Waals surface area (Å²) in [7, 11) is 0. The number of aryl methyl sites for hydroxylation is 2. The first-order chi connectivity index (χ1) is 8.69. The number of anilines is 1. The summed E-state index contributed by atoms with van der Waals surface area (Å²) >= 11 is 0. The Labute approximate surface area is 109 Å². The van der Waals surface area contributed by atoms with E-state index >= 15 is 0 Å². The molecule has 0 aromatic heterocycles.